The van der Waals surface area contributed by atoms with E-state index in [1.807, 2.05) is 32.0 Å². The number of nitrogens with two attached hydrogens (primary N) is 1. The fourth-order valence-corrected chi connectivity index (χ4v) is 3.03. The predicted octanol–water partition coefficient (Wildman–Crippen LogP) is 2.76. The maximum absolute atomic E-state index is 10.2. The van der Waals surface area contributed by atoms with Crippen molar-refractivity contribution < 1.29 is 9.63 Å². The van der Waals surface area contributed by atoms with Gasteiger partial charge in [0.25, 0.3) is 0 Å². The van der Waals surface area contributed by atoms with Gasteiger partial charge in [0.2, 0.25) is 0 Å². The van der Waals surface area contributed by atoms with Crippen molar-refractivity contribution in [2.45, 2.75) is 32.9 Å². The highest BCUT2D eigenvalue weighted by Crippen LogP contribution is 2.39. The lowest BCUT2D eigenvalue weighted by Gasteiger charge is -2.05. The average molecular weight is 365 g/mol. The topological polar surface area (TPSA) is 129 Å². The van der Waals surface area contributed by atoms with E-state index in [0.717, 1.165) is 0 Å². The Morgan fingerprint density at radius 3 is 2.59 bits per heavy atom. The largest absolute Gasteiger partial charge is 0.385 e. The predicted molar refractivity (Wildman–Crippen MR) is 99.5 cm³/mol. The monoisotopic (exact) mass is 365 g/mol. The molecule has 3 N–H and O–H groups in total. The molecule has 4 aromatic rings. The zero-order valence-electron chi connectivity index (χ0n) is 15.2. The van der Waals surface area contributed by atoms with Gasteiger partial charge in [-0.15, -0.1) is 0 Å². The van der Waals surface area contributed by atoms with Gasteiger partial charge in [-0.25, -0.2) is 14.6 Å². The molecular weight excluding hydrogens is 346 g/mol. The van der Waals surface area contributed by atoms with Crippen LogP contribution >= 0.6 is 0 Å². The lowest BCUT2D eigenvalue weighted by molar-refractivity contribution is 0.158. The molecule has 0 saturated heterocycles. The van der Waals surface area contributed by atoms with E-state index in [0.29, 0.717) is 45.3 Å². The van der Waals surface area contributed by atoms with Gasteiger partial charge in [-0.2, -0.15) is 5.10 Å². The van der Waals surface area contributed by atoms with Crippen molar-refractivity contribution in [1.29, 1.82) is 0 Å². The number of hydrogen-bond acceptors (Lipinski definition) is 8. The fourth-order valence-electron chi connectivity index (χ4n) is 3.03. The molecule has 0 aliphatic heterocycles. The smallest absolute Gasteiger partial charge is 0.174 e. The maximum Gasteiger partial charge on any atom is 0.174 e. The van der Waals surface area contributed by atoms with E-state index in [-0.39, 0.29) is 6.04 Å². The van der Waals surface area contributed by atoms with Crippen LogP contribution in [0.25, 0.3) is 33.7 Å². The van der Waals surface area contributed by atoms with E-state index in [9.17, 15) is 5.11 Å². The lowest BCUT2D eigenvalue weighted by Crippen LogP contribution is -2.04. The molecule has 0 aromatic carbocycles. The molecular formula is C18H19N7O2. The van der Waals surface area contributed by atoms with E-state index in [1.165, 1.54) is 6.33 Å². The maximum atomic E-state index is 10.2. The molecule has 4 aromatic heterocycles. The molecule has 0 amide bonds. The van der Waals surface area contributed by atoms with Crippen LogP contribution in [0.15, 0.2) is 35.2 Å². The number of anilines is 1. The summed E-state index contributed by atoms with van der Waals surface area (Å²) in [5.41, 5.74) is 8.87. The number of aliphatic hydroxyl groups excluding tert-OH is 1. The number of hydrogen-bond donors (Lipinski definition) is 2. The van der Waals surface area contributed by atoms with Gasteiger partial charge in [0, 0.05) is 12.2 Å². The molecule has 4 rings (SSSR count). The van der Waals surface area contributed by atoms with Gasteiger partial charge in [-0.1, -0.05) is 11.2 Å². The highest BCUT2D eigenvalue weighted by Gasteiger charge is 2.28. The van der Waals surface area contributed by atoms with Crippen molar-refractivity contribution in [1.82, 2.24) is 29.9 Å². The summed E-state index contributed by atoms with van der Waals surface area (Å²) in [5.74, 6) is 0.613. The standard InChI is InChI=1S/C18H19N7O2/c1-9(2)25-18-13(17(19)21-8-22-18)14(23-25)15-12(11-6-4-5-7-20-11)16(10(3)26)27-24-15/h4-10,26H,1-3H3,(H2,19,21,22)/t10-/m1/s1. The Morgan fingerprint density at radius 2 is 1.93 bits per heavy atom. The molecule has 0 radical (unpaired) electrons. The number of aliphatic hydroxyl groups is 1. The van der Waals surface area contributed by atoms with E-state index in [1.54, 1.807) is 17.8 Å². The number of fused-ring (bicyclic) bond motifs is 1. The Bertz CT molecular complexity index is 1100. The van der Waals surface area contributed by atoms with Gasteiger partial charge in [0.1, 0.15) is 29.6 Å². The van der Waals surface area contributed by atoms with Gasteiger partial charge in [-0.3, -0.25) is 4.98 Å². The van der Waals surface area contributed by atoms with Crippen LogP contribution in [0.2, 0.25) is 0 Å². The van der Waals surface area contributed by atoms with E-state index in [2.05, 4.69) is 25.2 Å². The van der Waals surface area contributed by atoms with Crippen molar-refractivity contribution in [3.8, 4) is 22.6 Å². The first kappa shape index (κ1) is 17.1. The quantitative estimate of drug-likeness (QED) is 0.565. The third-order valence-electron chi connectivity index (χ3n) is 4.25. The molecule has 0 unspecified atom stereocenters. The van der Waals surface area contributed by atoms with Crippen molar-refractivity contribution in [3.05, 3.63) is 36.5 Å². The number of nitrogens with zero attached hydrogens (tertiary/aromatic N) is 6. The zero-order valence-corrected chi connectivity index (χ0v) is 15.2. The normalized spacial score (nSPS) is 12.8. The number of pyridine rings is 1. The second kappa shape index (κ2) is 6.44. The lowest BCUT2D eigenvalue weighted by atomic mass is 10.0. The molecule has 0 fully saturated rings. The third-order valence-corrected chi connectivity index (χ3v) is 4.25. The molecule has 138 valence electrons. The SMILES string of the molecule is CC(C)n1nc(-c2noc([C@@H](C)O)c2-c2ccccn2)c2c(N)ncnc21. The van der Waals surface area contributed by atoms with Crippen LogP contribution in [-0.4, -0.2) is 35.0 Å². The van der Waals surface area contributed by atoms with Crippen LogP contribution in [0, 0.1) is 0 Å². The Hall–Kier alpha value is -3.33. The minimum Gasteiger partial charge on any atom is -0.385 e. The van der Waals surface area contributed by atoms with Crippen LogP contribution in [0.5, 0.6) is 0 Å². The molecule has 27 heavy (non-hydrogen) atoms. The van der Waals surface area contributed by atoms with Gasteiger partial charge >= 0.3 is 0 Å². The summed E-state index contributed by atoms with van der Waals surface area (Å²) >= 11 is 0. The van der Waals surface area contributed by atoms with Gasteiger partial charge in [0.05, 0.1) is 16.6 Å². The Kier molecular flexibility index (Phi) is 4.08. The van der Waals surface area contributed by atoms with E-state index < -0.39 is 6.10 Å². The molecule has 4 heterocycles. The molecule has 9 heteroatoms. The van der Waals surface area contributed by atoms with Gasteiger partial charge < -0.3 is 15.4 Å². The van der Waals surface area contributed by atoms with Crippen LogP contribution in [0.4, 0.5) is 5.82 Å². The van der Waals surface area contributed by atoms with Crippen molar-refractivity contribution >= 4 is 16.9 Å². The average Bonchev–Trinajstić information content (AvgIpc) is 3.25. The Morgan fingerprint density at radius 1 is 1.11 bits per heavy atom. The van der Waals surface area contributed by atoms with E-state index >= 15 is 0 Å². The summed E-state index contributed by atoms with van der Waals surface area (Å²) in [5, 5.41) is 19.6. The first-order valence-corrected chi connectivity index (χ1v) is 8.57. The molecule has 0 aliphatic rings. The van der Waals surface area contributed by atoms with Crippen LogP contribution in [-0.2, 0) is 0 Å². The molecule has 1 atom stereocenters. The summed E-state index contributed by atoms with van der Waals surface area (Å²) in [6, 6.07) is 5.54. The summed E-state index contributed by atoms with van der Waals surface area (Å²) in [6.45, 7) is 5.61. The molecule has 0 saturated carbocycles. The van der Waals surface area contributed by atoms with Crippen molar-refractivity contribution in [2.75, 3.05) is 5.73 Å². The number of rotatable bonds is 4. The summed E-state index contributed by atoms with van der Waals surface area (Å²) < 4.78 is 7.22. The minimum absolute atomic E-state index is 0.0528. The molecule has 9 nitrogen and oxygen atoms in total. The second-order valence-electron chi connectivity index (χ2n) is 6.51. The van der Waals surface area contributed by atoms with Gasteiger partial charge in [0.15, 0.2) is 11.4 Å². The fraction of sp³-hybridized carbons (Fsp3) is 0.278. The Labute approximate surface area is 154 Å². The van der Waals surface area contributed by atoms with Crippen LogP contribution < -0.4 is 5.73 Å². The first-order chi connectivity index (χ1) is 13.0. The first-order valence-electron chi connectivity index (χ1n) is 8.57. The molecule has 0 bridgehead atoms. The summed E-state index contributed by atoms with van der Waals surface area (Å²) in [6.07, 6.45) is 2.21. The molecule has 0 spiro atoms. The third kappa shape index (κ3) is 2.72. The van der Waals surface area contributed by atoms with Crippen LogP contribution in [0.1, 0.15) is 38.7 Å². The van der Waals surface area contributed by atoms with Gasteiger partial charge in [-0.05, 0) is 32.9 Å². The Balaban J connectivity index is 2.06. The zero-order chi connectivity index (χ0) is 19.1. The van der Waals surface area contributed by atoms with E-state index in [4.69, 9.17) is 10.3 Å². The second-order valence-corrected chi connectivity index (χ2v) is 6.51. The van der Waals surface area contributed by atoms with Crippen molar-refractivity contribution in [2.24, 2.45) is 0 Å². The number of aromatic nitrogens is 6. The highest BCUT2D eigenvalue weighted by molar-refractivity contribution is 6.00. The minimum atomic E-state index is -0.865. The summed E-state index contributed by atoms with van der Waals surface area (Å²) in [4.78, 5) is 12.8. The molecule has 0 aliphatic carbocycles. The number of nitrogen functional groups attached to an aromatic ring is 1. The van der Waals surface area contributed by atoms with Crippen LogP contribution in [0.3, 0.4) is 0 Å². The summed E-state index contributed by atoms with van der Waals surface area (Å²) in [7, 11) is 0. The highest BCUT2D eigenvalue weighted by atomic mass is 16.5. The van der Waals surface area contributed by atoms with Crippen molar-refractivity contribution in [3.63, 3.8) is 0 Å².